The van der Waals surface area contributed by atoms with Crippen molar-refractivity contribution in [2.75, 3.05) is 20.3 Å². The summed E-state index contributed by atoms with van der Waals surface area (Å²) < 4.78 is 9.61. The second-order valence-electron chi connectivity index (χ2n) is 2.53. The summed E-state index contributed by atoms with van der Waals surface area (Å²) in [4.78, 5) is 11.0. The smallest absolute Gasteiger partial charge is 0.335 e. The molecule has 0 fully saturated rings. The Morgan fingerprint density at radius 3 is 2.67 bits per heavy atom. The zero-order valence-corrected chi connectivity index (χ0v) is 7.76. The third kappa shape index (κ3) is 4.91. The van der Waals surface area contributed by atoms with E-state index in [4.69, 9.17) is 9.47 Å². The van der Waals surface area contributed by atoms with Gasteiger partial charge in [0.05, 0.1) is 18.8 Å². The summed E-state index contributed by atoms with van der Waals surface area (Å²) in [6.45, 7) is 6.27. The molecule has 0 atom stereocenters. The van der Waals surface area contributed by atoms with Gasteiger partial charge in [-0.1, -0.05) is 19.9 Å². The van der Waals surface area contributed by atoms with Gasteiger partial charge in [-0.2, -0.15) is 0 Å². The highest BCUT2D eigenvalue weighted by molar-refractivity contribution is 5.87. The Morgan fingerprint density at radius 1 is 1.50 bits per heavy atom. The van der Waals surface area contributed by atoms with Crippen molar-refractivity contribution < 1.29 is 14.3 Å². The predicted octanol–water partition coefficient (Wildman–Crippen LogP) is 1.53. The molecule has 0 rings (SSSR count). The minimum absolute atomic E-state index is 0.241. The van der Waals surface area contributed by atoms with Crippen LogP contribution in [0.5, 0.6) is 0 Å². The van der Waals surface area contributed by atoms with Crippen molar-refractivity contribution in [3.63, 3.8) is 0 Å². The van der Waals surface area contributed by atoms with E-state index in [1.165, 1.54) is 7.11 Å². The lowest BCUT2D eigenvalue weighted by Crippen LogP contribution is -2.11. The molecule has 3 nitrogen and oxygen atoms in total. The summed E-state index contributed by atoms with van der Waals surface area (Å²) in [6, 6.07) is 0. The minimum Gasteiger partial charge on any atom is -0.462 e. The molecule has 0 saturated carbocycles. The molecule has 0 aromatic heterocycles. The number of esters is 1. The van der Waals surface area contributed by atoms with E-state index < -0.39 is 0 Å². The Balaban J connectivity index is 3.50. The predicted molar refractivity (Wildman–Crippen MR) is 46.9 cm³/mol. The van der Waals surface area contributed by atoms with Crippen LogP contribution < -0.4 is 0 Å². The topological polar surface area (TPSA) is 35.5 Å². The van der Waals surface area contributed by atoms with Crippen molar-refractivity contribution in [3.05, 3.63) is 12.2 Å². The highest BCUT2D eigenvalue weighted by atomic mass is 16.5. The van der Waals surface area contributed by atoms with E-state index >= 15 is 0 Å². The SMILES string of the molecule is C=C(COC)C(=O)OCCCC. The Labute approximate surface area is 73.4 Å². The first-order valence-corrected chi connectivity index (χ1v) is 4.06. The maximum Gasteiger partial charge on any atom is 0.335 e. The third-order valence-corrected chi connectivity index (χ3v) is 1.34. The molecule has 3 heteroatoms. The van der Waals surface area contributed by atoms with Gasteiger partial charge in [-0.15, -0.1) is 0 Å². The fourth-order valence-electron chi connectivity index (χ4n) is 0.644. The van der Waals surface area contributed by atoms with E-state index in [2.05, 4.69) is 6.58 Å². The summed E-state index contributed by atoms with van der Waals surface area (Å²) >= 11 is 0. The van der Waals surface area contributed by atoms with Crippen LogP contribution in [0.2, 0.25) is 0 Å². The molecule has 12 heavy (non-hydrogen) atoms. The molecule has 0 aliphatic carbocycles. The van der Waals surface area contributed by atoms with Gasteiger partial charge < -0.3 is 9.47 Å². The number of rotatable bonds is 6. The summed E-state index contributed by atoms with van der Waals surface area (Å²) in [7, 11) is 1.52. The van der Waals surface area contributed by atoms with Crippen molar-refractivity contribution in [3.8, 4) is 0 Å². The number of hydrogen-bond donors (Lipinski definition) is 0. The van der Waals surface area contributed by atoms with E-state index in [1.54, 1.807) is 0 Å². The molecule has 0 spiro atoms. The summed E-state index contributed by atoms with van der Waals surface area (Å²) in [5.41, 5.74) is 0.369. The van der Waals surface area contributed by atoms with E-state index in [1.807, 2.05) is 6.92 Å². The molecule has 0 aromatic rings. The Hall–Kier alpha value is -0.830. The highest BCUT2D eigenvalue weighted by Gasteiger charge is 2.06. The normalized spacial score (nSPS) is 9.50. The fraction of sp³-hybridized carbons (Fsp3) is 0.667. The molecule has 0 N–H and O–H groups in total. The van der Waals surface area contributed by atoms with Gasteiger partial charge in [0, 0.05) is 7.11 Å². The molecule has 0 radical (unpaired) electrons. The standard InChI is InChI=1S/C9H16O3/c1-4-5-6-12-9(10)8(2)7-11-3/h2,4-7H2,1,3H3. The van der Waals surface area contributed by atoms with E-state index in [-0.39, 0.29) is 12.6 Å². The number of carbonyl (C=O) groups excluding carboxylic acids is 1. The van der Waals surface area contributed by atoms with Crippen molar-refractivity contribution in [2.24, 2.45) is 0 Å². The number of hydrogen-bond acceptors (Lipinski definition) is 3. The van der Waals surface area contributed by atoms with Crippen LogP contribution in [0.1, 0.15) is 19.8 Å². The molecule has 0 unspecified atom stereocenters. The first-order chi connectivity index (χ1) is 5.72. The zero-order valence-electron chi connectivity index (χ0n) is 7.76. The van der Waals surface area contributed by atoms with E-state index in [0.29, 0.717) is 12.2 Å². The van der Waals surface area contributed by atoms with Crippen LogP contribution in [0.4, 0.5) is 0 Å². The lowest BCUT2D eigenvalue weighted by molar-refractivity contribution is -0.139. The van der Waals surface area contributed by atoms with Crippen molar-refractivity contribution >= 4 is 5.97 Å². The third-order valence-electron chi connectivity index (χ3n) is 1.34. The summed E-state index contributed by atoms with van der Waals surface area (Å²) in [5.74, 6) is -0.356. The van der Waals surface area contributed by atoms with Crippen LogP contribution >= 0.6 is 0 Å². The largest absolute Gasteiger partial charge is 0.462 e. The van der Waals surface area contributed by atoms with Gasteiger partial charge in [0.15, 0.2) is 0 Å². The number of carbonyl (C=O) groups is 1. The highest BCUT2D eigenvalue weighted by Crippen LogP contribution is 1.96. The molecule has 70 valence electrons. The molecule has 0 aromatic carbocycles. The van der Waals surface area contributed by atoms with Gasteiger partial charge in [-0.3, -0.25) is 0 Å². The molecular weight excluding hydrogens is 156 g/mol. The number of ether oxygens (including phenoxy) is 2. The second-order valence-corrected chi connectivity index (χ2v) is 2.53. The average Bonchev–Trinajstić information content (AvgIpc) is 2.05. The average molecular weight is 172 g/mol. The van der Waals surface area contributed by atoms with E-state index in [9.17, 15) is 4.79 Å². The quantitative estimate of drug-likeness (QED) is 0.346. The molecular formula is C9H16O3. The maximum absolute atomic E-state index is 11.0. The Kier molecular flexibility index (Phi) is 6.38. The molecule has 0 heterocycles. The van der Waals surface area contributed by atoms with Crippen LogP contribution in [0.15, 0.2) is 12.2 Å². The van der Waals surface area contributed by atoms with Crippen LogP contribution in [-0.4, -0.2) is 26.3 Å². The monoisotopic (exact) mass is 172 g/mol. The van der Waals surface area contributed by atoms with Gasteiger partial charge in [0.1, 0.15) is 0 Å². The Bertz CT molecular complexity index is 152. The fourth-order valence-corrected chi connectivity index (χ4v) is 0.644. The Morgan fingerprint density at radius 2 is 2.17 bits per heavy atom. The van der Waals surface area contributed by atoms with Gasteiger partial charge in [0.25, 0.3) is 0 Å². The van der Waals surface area contributed by atoms with Gasteiger partial charge in [-0.05, 0) is 6.42 Å². The maximum atomic E-state index is 11.0. The van der Waals surface area contributed by atoms with Crippen molar-refractivity contribution in [1.82, 2.24) is 0 Å². The van der Waals surface area contributed by atoms with Gasteiger partial charge in [0.2, 0.25) is 0 Å². The minimum atomic E-state index is -0.356. The zero-order chi connectivity index (χ0) is 9.40. The van der Waals surface area contributed by atoms with Crippen LogP contribution in [0, 0.1) is 0 Å². The van der Waals surface area contributed by atoms with Crippen LogP contribution in [0.3, 0.4) is 0 Å². The summed E-state index contributed by atoms with van der Waals surface area (Å²) in [5, 5.41) is 0. The van der Waals surface area contributed by atoms with Crippen LogP contribution in [-0.2, 0) is 14.3 Å². The van der Waals surface area contributed by atoms with Gasteiger partial charge in [-0.25, -0.2) is 4.79 Å². The number of methoxy groups -OCH3 is 1. The van der Waals surface area contributed by atoms with Gasteiger partial charge >= 0.3 is 5.97 Å². The van der Waals surface area contributed by atoms with E-state index in [0.717, 1.165) is 12.8 Å². The van der Waals surface area contributed by atoms with Crippen LogP contribution in [0.25, 0.3) is 0 Å². The second kappa shape index (κ2) is 6.85. The van der Waals surface area contributed by atoms with Crippen molar-refractivity contribution in [1.29, 1.82) is 0 Å². The molecule has 0 saturated heterocycles. The first kappa shape index (κ1) is 11.2. The molecule has 0 bridgehead atoms. The lowest BCUT2D eigenvalue weighted by atomic mass is 10.3. The van der Waals surface area contributed by atoms with Crippen molar-refractivity contribution in [2.45, 2.75) is 19.8 Å². The first-order valence-electron chi connectivity index (χ1n) is 4.06. The summed E-state index contributed by atoms with van der Waals surface area (Å²) in [6.07, 6.45) is 1.91. The molecule has 0 aliphatic heterocycles. The lowest BCUT2D eigenvalue weighted by Gasteiger charge is -2.04. The number of unbranched alkanes of at least 4 members (excludes halogenated alkanes) is 1. The molecule has 0 aliphatic rings. The molecule has 0 amide bonds.